The van der Waals surface area contributed by atoms with Crippen molar-refractivity contribution >= 4 is 16.8 Å². The van der Waals surface area contributed by atoms with Crippen LogP contribution in [0.15, 0.2) is 18.2 Å². The number of nitrogens with zero attached hydrogens (tertiary/aromatic N) is 1. The summed E-state index contributed by atoms with van der Waals surface area (Å²) in [6.45, 7) is 5.24. The van der Waals surface area contributed by atoms with Crippen LogP contribution in [0.4, 0.5) is 0 Å². The number of hydrogen-bond acceptors (Lipinski definition) is 2. The van der Waals surface area contributed by atoms with Gasteiger partial charge in [0.2, 0.25) is 11.8 Å². The third-order valence-corrected chi connectivity index (χ3v) is 2.73. The van der Waals surface area contributed by atoms with Crippen LogP contribution >= 0.6 is 0 Å². The highest BCUT2D eigenvalue weighted by molar-refractivity contribution is 5.97. The highest BCUT2D eigenvalue weighted by Gasteiger charge is 2.16. The number of rotatable bonds is 0. The number of aromatic nitrogens is 1. The van der Waals surface area contributed by atoms with Crippen molar-refractivity contribution in [2.75, 3.05) is 0 Å². The van der Waals surface area contributed by atoms with Crippen LogP contribution in [0.3, 0.4) is 0 Å². The highest BCUT2D eigenvalue weighted by Crippen LogP contribution is 2.32. The third-order valence-electron chi connectivity index (χ3n) is 2.73. The zero-order valence-electron chi connectivity index (χ0n) is 9.03. The molecule has 0 aliphatic rings. The van der Waals surface area contributed by atoms with Crippen molar-refractivity contribution in [1.82, 2.24) is 4.57 Å². The van der Waals surface area contributed by atoms with Crippen molar-refractivity contribution in [3.05, 3.63) is 29.3 Å². The van der Waals surface area contributed by atoms with Gasteiger partial charge in [0.05, 0.1) is 5.52 Å². The minimum Gasteiger partial charge on any atom is -0.494 e. The van der Waals surface area contributed by atoms with E-state index in [-0.39, 0.29) is 11.8 Å². The molecular formula is C12H13NO2. The number of hydrogen-bond donors (Lipinski definition) is 1. The average molecular weight is 203 g/mol. The first-order valence-corrected chi connectivity index (χ1v) is 4.84. The minimum absolute atomic E-state index is 0.0480. The van der Waals surface area contributed by atoms with E-state index in [1.807, 2.05) is 32.0 Å². The fraction of sp³-hybridized carbons (Fsp3) is 0.250. The molecule has 1 N–H and O–H groups in total. The molecule has 3 heteroatoms. The summed E-state index contributed by atoms with van der Waals surface area (Å²) in [7, 11) is 0. The van der Waals surface area contributed by atoms with E-state index in [0.717, 1.165) is 22.0 Å². The summed E-state index contributed by atoms with van der Waals surface area (Å²) in [4.78, 5) is 11.4. The van der Waals surface area contributed by atoms with Crippen molar-refractivity contribution in [3.63, 3.8) is 0 Å². The van der Waals surface area contributed by atoms with Crippen molar-refractivity contribution in [3.8, 4) is 5.88 Å². The second kappa shape index (κ2) is 3.12. The zero-order chi connectivity index (χ0) is 11.2. The molecule has 1 aromatic carbocycles. The molecule has 0 saturated carbocycles. The number of aryl methyl sites for hydroxylation is 2. The summed E-state index contributed by atoms with van der Waals surface area (Å²) >= 11 is 0. The van der Waals surface area contributed by atoms with Gasteiger partial charge in [-0.1, -0.05) is 12.1 Å². The topological polar surface area (TPSA) is 42.2 Å². The summed E-state index contributed by atoms with van der Waals surface area (Å²) in [5, 5.41) is 10.8. The van der Waals surface area contributed by atoms with Gasteiger partial charge < -0.3 is 5.11 Å². The molecule has 0 aliphatic carbocycles. The molecule has 2 rings (SSSR count). The Balaban J connectivity index is 3.00. The molecule has 0 aliphatic heterocycles. The number of benzene rings is 1. The van der Waals surface area contributed by atoms with E-state index in [2.05, 4.69) is 0 Å². The molecule has 0 bridgehead atoms. The molecule has 0 fully saturated rings. The van der Waals surface area contributed by atoms with E-state index in [0.29, 0.717) is 0 Å². The Morgan fingerprint density at radius 1 is 1.33 bits per heavy atom. The first kappa shape index (κ1) is 9.77. The van der Waals surface area contributed by atoms with Crippen LogP contribution in [-0.2, 0) is 0 Å². The second-order valence-electron chi connectivity index (χ2n) is 3.77. The summed E-state index contributed by atoms with van der Waals surface area (Å²) in [6, 6.07) is 5.70. The van der Waals surface area contributed by atoms with Gasteiger partial charge in [0.25, 0.3) is 0 Å². The third kappa shape index (κ3) is 1.23. The minimum atomic E-state index is -0.170. The normalized spacial score (nSPS) is 10.9. The van der Waals surface area contributed by atoms with Gasteiger partial charge in [0, 0.05) is 17.9 Å². The van der Waals surface area contributed by atoms with Crippen LogP contribution in [0, 0.1) is 13.8 Å². The lowest BCUT2D eigenvalue weighted by molar-refractivity contribution is 0.0933. The van der Waals surface area contributed by atoms with Crippen LogP contribution in [-0.4, -0.2) is 15.6 Å². The molecule has 0 spiro atoms. The Morgan fingerprint density at radius 3 is 2.60 bits per heavy atom. The lowest BCUT2D eigenvalue weighted by Gasteiger charge is -2.00. The Kier molecular flexibility index (Phi) is 2.03. The quantitative estimate of drug-likeness (QED) is 0.715. The summed E-state index contributed by atoms with van der Waals surface area (Å²) in [5.74, 6) is -0.122. The van der Waals surface area contributed by atoms with Crippen LogP contribution in [0.25, 0.3) is 10.9 Å². The van der Waals surface area contributed by atoms with Crippen molar-refractivity contribution in [2.45, 2.75) is 20.8 Å². The van der Waals surface area contributed by atoms with Crippen LogP contribution in [0.2, 0.25) is 0 Å². The average Bonchev–Trinajstić information content (AvgIpc) is 2.41. The molecule has 0 radical (unpaired) electrons. The van der Waals surface area contributed by atoms with Crippen molar-refractivity contribution < 1.29 is 9.90 Å². The fourth-order valence-electron chi connectivity index (χ4n) is 2.04. The monoisotopic (exact) mass is 203 g/mol. The predicted molar refractivity (Wildman–Crippen MR) is 59.4 cm³/mol. The molecule has 1 heterocycles. The van der Waals surface area contributed by atoms with E-state index in [1.54, 1.807) is 0 Å². The molecule has 0 unspecified atom stereocenters. The molecule has 0 amide bonds. The fourth-order valence-corrected chi connectivity index (χ4v) is 2.04. The standard InChI is InChI=1S/C12H13NO2/c1-7-5-4-6-10-11(7)8(2)12(15)13(10)9(3)14/h4-6,15H,1-3H3. The zero-order valence-corrected chi connectivity index (χ0v) is 9.03. The van der Waals surface area contributed by atoms with E-state index in [9.17, 15) is 9.90 Å². The number of aromatic hydroxyl groups is 1. The Hall–Kier alpha value is -1.77. The van der Waals surface area contributed by atoms with Gasteiger partial charge >= 0.3 is 0 Å². The van der Waals surface area contributed by atoms with Gasteiger partial charge in [0.15, 0.2) is 0 Å². The Bertz CT molecular complexity index is 552. The molecule has 2 aromatic rings. The largest absolute Gasteiger partial charge is 0.494 e. The first-order valence-electron chi connectivity index (χ1n) is 4.84. The van der Waals surface area contributed by atoms with Crippen molar-refractivity contribution in [1.29, 1.82) is 0 Å². The Morgan fingerprint density at radius 2 is 2.00 bits per heavy atom. The SMILES string of the molecule is CC(=O)n1c(O)c(C)c2c(C)cccc21. The lowest BCUT2D eigenvalue weighted by Crippen LogP contribution is -2.04. The van der Waals surface area contributed by atoms with E-state index in [1.165, 1.54) is 11.5 Å². The molecule has 0 saturated heterocycles. The van der Waals surface area contributed by atoms with E-state index >= 15 is 0 Å². The van der Waals surface area contributed by atoms with Gasteiger partial charge in [-0.3, -0.25) is 9.36 Å². The molecule has 78 valence electrons. The number of fused-ring (bicyclic) bond motifs is 1. The first-order chi connectivity index (χ1) is 7.04. The van der Waals surface area contributed by atoms with Crippen LogP contribution in [0.1, 0.15) is 22.8 Å². The summed E-state index contributed by atoms with van der Waals surface area (Å²) < 4.78 is 1.34. The predicted octanol–water partition coefficient (Wildman–Crippen LogP) is 2.62. The molecule has 1 aromatic heterocycles. The maximum absolute atomic E-state index is 11.4. The maximum Gasteiger partial charge on any atom is 0.230 e. The number of carbonyl (C=O) groups is 1. The van der Waals surface area contributed by atoms with Gasteiger partial charge in [0.1, 0.15) is 0 Å². The van der Waals surface area contributed by atoms with Crippen molar-refractivity contribution in [2.24, 2.45) is 0 Å². The van der Waals surface area contributed by atoms with Gasteiger partial charge in [-0.05, 0) is 25.5 Å². The molecule has 3 nitrogen and oxygen atoms in total. The number of carbonyl (C=O) groups excluding carboxylic acids is 1. The second-order valence-corrected chi connectivity index (χ2v) is 3.77. The Labute approximate surface area is 87.9 Å². The van der Waals surface area contributed by atoms with E-state index in [4.69, 9.17) is 0 Å². The summed E-state index contributed by atoms with van der Waals surface area (Å²) in [6.07, 6.45) is 0. The van der Waals surface area contributed by atoms with Crippen LogP contribution < -0.4 is 0 Å². The smallest absolute Gasteiger partial charge is 0.230 e. The molecular weight excluding hydrogens is 190 g/mol. The molecule has 0 atom stereocenters. The van der Waals surface area contributed by atoms with Gasteiger partial charge in [-0.2, -0.15) is 0 Å². The summed E-state index contributed by atoms with van der Waals surface area (Å²) in [5.41, 5.74) is 2.61. The van der Waals surface area contributed by atoms with Gasteiger partial charge in [-0.25, -0.2) is 0 Å². The van der Waals surface area contributed by atoms with E-state index < -0.39 is 0 Å². The van der Waals surface area contributed by atoms with Crippen LogP contribution in [0.5, 0.6) is 5.88 Å². The maximum atomic E-state index is 11.4. The highest BCUT2D eigenvalue weighted by atomic mass is 16.3. The molecule has 15 heavy (non-hydrogen) atoms. The lowest BCUT2D eigenvalue weighted by atomic mass is 10.1. The van der Waals surface area contributed by atoms with Gasteiger partial charge in [-0.15, -0.1) is 0 Å².